The molecule has 85 heavy (non-hydrogen) atoms. The summed E-state index contributed by atoms with van der Waals surface area (Å²) in [5.74, 6) is -0.876. The minimum Gasteiger partial charge on any atom is -0.355 e. The number of anilines is 1. The number of aromatic amines is 3. The minimum atomic E-state index is -0.322. The van der Waals surface area contributed by atoms with E-state index in [1.807, 2.05) is 170 Å². The van der Waals surface area contributed by atoms with Gasteiger partial charge in [0.2, 0.25) is 5.91 Å². The second-order valence-corrected chi connectivity index (χ2v) is 20.7. The van der Waals surface area contributed by atoms with E-state index in [0.717, 1.165) is 39.3 Å². The smallest absolute Gasteiger partial charge is 0.275 e. The Balaban J connectivity index is 0.783. The molecule has 0 spiro atoms. The van der Waals surface area contributed by atoms with Gasteiger partial charge in [0.15, 0.2) is 0 Å². The van der Waals surface area contributed by atoms with Crippen LogP contribution in [0.3, 0.4) is 0 Å². The SMILES string of the molecule is CNC(=O)c1cc(CN(C)CC(=O)Nc2ccc(CN(C)CCNC(=O)c3cccc(-c4cn(-c5ccccc5)c5c(=O)[nH]cnc45)c3)c(-c3cn(-c4ccccc4)c4c(=O)[nH]cnc34)c2)cc(-c2cn(-c3ccccc3)c3c(=O)[nH]cnc23)c1. The van der Waals surface area contributed by atoms with E-state index in [1.54, 1.807) is 40.4 Å². The molecule has 6 aromatic heterocycles. The topological polar surface area (TPSA) is 246 Å². The molecule has 0 saturated heterocycles. The molecule has 422 valence electrons. The average Bonchev–Trinajstić information content (AvgIpc) is 2.69. The number of rotatable bonds is 18. The number of hydrogen-bond acceptors (Lipinski definition) is 11. The highest BCUT2D eigenvalue weighted by atomic mass is 16.2. The van der Waals surface area contributed by atoms with Crippen LogP contribution in [0.2, 0.25) is 0 Å². The van der Waals surface area contributed by atoms with E-state index in [0.29, 0.717) is 91.8 Å². The molecule has 0 aliphatic rings. The molecular weight excluding hydrogens is 1070 g/mol. The van der Waals surface area contributed by atoms with Gasteiger partial charge in [-0.2, -0.15) is 0 Å². The molecule has 20 heteroatoms. The van der Waals surface area contributed by atoms with E-state index >= 15 is 0 Å². The molecule has 0 fully saturated rings. The molecule has 6 aromatic carbocycles. The molecule has 12 aromatic rings. The van der Waals surface area contributed by atoms with Gasteiger partial charge in [0, 0.05) is 102 Å². The first-order chi connectivity index (χ1) is 41.4. The van der Waals surface area contributed by atoms with Gasteiger partial charge in [-0.25, -0.2) is 15.0 Å². The number of H-pyrrole nitrogens is 3. The summed E-state index contributed by atoms with van der Waals surface area (Å²) in [6.45, 7) is 1.42. The molecule has 0 unspecified atom stereocenters. The number of benzene rings is 6. The number of fused-ring (bicyclic) bond motifs is 3. The van der Waals surface area contributed by atoms with Crippen LogP contribution in [0.5, 0.6) is 0 Å². The van der Waals surface area contributed by atoms with Crippen molar-refractivity contribution < 1.29 is 14.4 Å². The quantitative estimate of drug-likeness (QED) is 0.0480. The standard InChI is InChI=1S/C65H56N14O6/c1-66-61(81)45-27-40(26-44(29-45)52-34-78(48-18-9-5-10-19-48)59-56(52)69-38-72-64(59)84)31-76(3)36-54(80)74-46-23-22-43(50(30-46)53-35-79(49-20-11-6-12-21-49)60-57(53)70-39-73-65(60)85)32-75(2)25-24-67-62(82)42-15-13-14-41(28-42)51-33-77(47-16-7-4-8-17-47)58-55(51)68-37-71-63(58)83/h4-23,26-30,33-35,37-39H,24-25,31-32,36H2,1-3H3,(H,66,81)(H,67,82)(H,74,80)(H,68,71,83)(H,69,72,84)(H,70,73,85). The number of likely N-dealkylation sites (N-methyl/N-ethyl adjacent to an activating group) is 2. The van der Waals surface area contributed by atoms with E-state index in [2.05, 4.69) is 45.8 Å². The Morgan fingerprint density at radius 2 is 1.02 bits per heavy atom. The van der Waals surface area contributed by atoms with Crippen LogP contribution in [0.25, 0.3) is 83.5 Å². The van der Waals surface area contributed by atoms with Crippen LogP contribution in [-0.2, 0) is 17.9 Å². The lowest BCUT2D eigenvalue weighted by molar-refractivity contribution is -0.117. The Morgan fingerprint density at radius 3 is 1.58 bits per heavy atom. The van der Waals surface area contributed by atoms with Crippen LogP contribution in [0.1, 0.15) is 31.8 Å². The van der Waals surface area contributed by atoms with Gasteiger partial charge in [0.05, 0.1) is 25.5 Å². The minimum absolute atomic E-state index is 0.0269. The molecule has 0 saturated carbocycles. The Labute approximate surface area is 485 Å². The fourth-order valence-corrected chi connectivity index (χ4v) is 10.9. The number of carbonyl (C=O) groups excluding carboxylic acids is 3. The third kappa shape index (κ3) is 11.1. The average molecular weight is 1130 g/mol. The van der Waals surface area contributed by atoms with Crippen LogP contribution in [-0.4, -0.2) is 112 Å². The number of amides is 3. The molecule has 0 aliphatic carbocycles. The maximum atomic E-state index is 14.1. The summed E-state index contributed by atoms with van der Waals surface area (Å²) in [4.78, 5) is 107. The number of aromatic nitrogens is 9. The van der Waals surface area contributed by atoms with Gasteiger partial charge >= 0.3 is 0 Å². The van der Waals surface area contributed by atoms with E-state index in [-0.39, 0.29) is 47.5 Å². The first kappa shape index (κ1) is 54.5. The van der Waals surface area contributed by atoms with Crippen LogP contribution >= 0.6 is 0 Å². The summed E-state index contributed by atoms with van der Waals surface area (Å²) in [7, 11) is 5.32. The third-order valence-electron chi connectivity index (χ3n) is 14.8. The zero-order valence-electron chi connectivity index (χ0n) is 46.5. The molecule has 6 N–H and O–H groups in total. The molecule has 0 atom stereocenters. The number of nitrogens with one attached hydrogen (secondary N) is 6. The van der Waals surface area contributed by atoms with Crippen LogP contribution in [0.15, 0.2) is 204 Å². The van der Waals surface area contributed by atoms with Gasteiger partial charge in [0.1, 0.15) is 33.1 Å². The van der Waals surface area contributed by atoms with E-state index in [1.165, 1.54) is 19.0 Å². The van der Waals surface area contributed by atoms with Crippen LogP contribution in [0, 0.1) is 0 Å². The molecule has 12 rings (SSSR count). The fourth-order valence-electron chi connectivity index (χ4n) is 10.9. The van der Waals surface area contributed by atoms with E-state index in [9.17, 15) is 28.8 Å². The highest BCUT2D eigenvalue weighted by Crippen LogP contribution is 2.36. The number of carbonyl (C=O) groups is 3. The van der Waals surface area contributed by atoms with Crippen LogP contribution in [0.4, 0.5) is 5.69 Å². The number of hydrogen-bond donors (Lipinski definition) is 6. The Kier molecular flexibility index (Phi) is 15.0. The second-order valence-electron chi connectivity index (χ2n) is 20.7. The Bertz CT molecular complexity index is 4700. The van der Waals surface area contributed by atoms with Gasteiger partial charge in [-0.15, -0.1) is 0 Å². The summed E-state index contributed by atoms with van der Waals surface area (Å²) in [5, 5.41) is 8.89. The van der Waals surface area contributed by atoms with Crippen molar-refractivity contribution in [1.29, 1.82) is 0 Å². The zero-order valence-corrected chi connectivity index (χ0v) is 46.5. The summed E-state index contributed by atoms with van der Waals surface area (Å²) in [6.07, 6.45) is 9.72. The van der Waals surface area contributed by atoms with Crippen molar-refractivity contribution in [2.24, 2.45) is 0 Å². The van der Waals surface area contributed by atoms with Crippen molar-refractivity contribution in [3.63, 3.8) is 0 Å². The Hall–Kier alpha value is -11.1. The first-order valence-electron chi connectivity index (χ1n) is 27.4. The predicted molar refractivity (Wildman–Crippen MR) is 328 cm³/mol. The maximum absolute atomic E-state index is 14.1. The van der Waals surface area contributed by atoms with Crippen molar-refractivity contribution in [3.05, 3.63) is 243 Å². The maximum Gasteiger partial charge on any atom is 0.275 e. The Morgan fingerprint density at radius 1 is 0.506 bits per heavy atom. The third-order valence-corrected chi connectivity index (χ3v) is 14.8. The predicted octanol–water partition coefficient (Wildman–Crippen LogP) is 8.06. The molecule has 0 bridgehead atoms. The highest BCUT2D eigenvalue weighted by molar-refractivity contribution is 6.01. The lowest BCUT2D eigenvalue weighted by atomic mass is 9.99. The largest absolute Gasteiger partial charge is 0.355 e. The van der Waals surface area contributed by atoms with Gasteiger partial charge in [-0.1, -0.05) is 72.8 Å². The summed E-state index contributed by atoms with van der Waals surface area (Å²) >= 11 is 0. The van der Waals surface area contributed by atoms with Crippen molar-refractivity contribution in [3.8, 4) is 50.4 Å². The number of para-hydroxylation sites is 3. The summed E-state index contributed by atoms with van der Waals surface area (Å²) in [5.41, 5.74) is 11.1. The molecule has 0 aliphatic heterocycles. The van der Waals surface area contributed by atoms with Crippen LogP contribution < -0.4 is 32.6 Å². The van der Waals surface area contributed by atoms with E-state index in [4.69, 9.17) is 4.98 Å². The first-order valence-corrected chi connectivity index (χ1v) is 27.4. The summed E-state index contributed by atoms with van der Waals surface area (Å²) < 4.78 is 5.41. The van der Waals surface area contributed by atoms with Gasteiger partial charge in [-0.3, -0.25) is 33.7 Å². The molecular formula is C65H56N14O6. The van der Waals surface area contributed by atoms with E-state index < -0.39 is 0 Å². The van der Waals surface area contributed by atoms with Gasteiger partial charge in [0.25, 0.3) is 28.5 Å². The molecule has 6 heterocycles. The van der Waals surface area contributed by atoms with Crippen molar-refractivity contribution in [2.45, 2.75) is 13.1 Å². The second kappa shape index (κ2) is 23.4. The highest BCUT2D eigenvalue weighted by Gasteiger charge is 2.23. The van der Waals surface area contributed by atoms with Crippen molar-refractivity contribution in [2.75, 3.05) is 46.1 Å². The molecule has 0 radical (unpaired) electrons. The van der Waals surface area contributed by atoms with Gasteiger partial charge in [-0.05, 0) is 121 Å². The molecule has 3 amide bonds. The van der Waals surface area contributed by atoms with Crippen molar-refractivity contribution >= 4 is 56.5 Å². The van der Waals surface area contributed by atoms with Crippen molar-refractivity contribution in [1.82, 2.24) is 64.0 Å². The lowest BCUT2D eigenvalue weighted by Gasteiger charge is -2.21. The fraction of sp³-hybridized carbons (Fsp3) is 0.123. The normalized spacial score (nSPS) is 11.5. The monoisotopic (exact) mass is 1130 g/mol. The van der Waals surface area contributed by atoms with Gasteiger partial charge < -0.3 is 49.5 Å². The lowest BCUT2D eigenvalue weighted by Crippen LogP contribution is -2.32. The molecule has 20 nitrogen and oxygen atoms in total. The zero-order chi connectivity index (χ0) is 58.7. The number of nitrogens with zero attached hydrogens (tertiary/aromatic N) is 8. The summed E-state index contributed by atoms with van der Waals surface area (Å²) in [6, 6.07) is 46.9.